The Hall–Kier alpha value is -2.57. The number of ether oxygens (including phenoxy) is 1. The number of nitrogens with two attached hydrogens (primary N) is 1. The zero-order valence-corrected chi connectivity index (χ0v) is 9.93. The summed E-state index contributed by atoms with van der Waals surface area (Å²) in [7, 11) is 3.02. The van der Waals surface area contributed by atoms with Gasteiger partial charge < -0.3 is 20.3 Å². The molecule has 3 N–H and O–H groups in total. The monoisotopic (exact) mass is 248 g/mol. The van der Waals surface area contributed by atoms with Crippen molar-refractivity contribution in [2.24, 2.45) is 0 Å². The molecule has 1 heterocycles. The predicted octanol–water partition coefficient (Wildman–Crippen LogP) is 0.687. The molecule has 18 heavy (non-hydrogen) atoms. The SMILES string of the molecule is CNC(=O)c1noc(-c2ccc(OC)c(N)c2)n1. The first-order valence-electron chi connectivity index (χ1n) is 5.15. The molecule has 7 heteroatoms. The number of rotatable bonds is 3. The predicted molar refractivity (Wildman–Crippen MR) is 64.1 cm³/mol. The van der Waals surface area contributed by atoms with Crippen LogP contribution in [0.25, 0.3) is 11.5 Å². The Morgan fingerprint density at radius 1 is 1.50 bits per heavy atom. The van der Waals surface area contributed by atoms with Crippen LogP contribution in [0.1, 0.15) is 10.6 Å². The lowest BCUT2D eigenvalue weighted by Crippen LogP contribution is -2.19. The fraction of sp³-hybridized carbons (Fsp3) is 0.182. The number of carbonyl (C=O) groups excluding carboxylic acids is 1. The van der Waals surface area contributed by atoms with Crippen LogP contribution in [0, 0.1) is 0 Å². The number of aromatic nitrogens is 2. The number of nitrogens with zero attached hydrogens (tertiary/aromatic N) is 2. The van der Waals surface area contributed by atoms with E-state index in [4.69, 9.17) is 15.0 Å². The molecule has 0 aliphatic carbocycles. The summed E-state index contributed by atoms with van der Waals surface area (Å²) in [5.74, 6) is 0.348. The third-order valence-electron chi connectivity index (χ3n) is 2.33. The number of nitrogen functional groups attached to an aromatic ring is 1. The van der Waals surface area contributed by atoms with E-state index >= 15 is 0 Å². The van der Waals surface area contributed by atoms with Gasteiger partial charge in [0.2, 0.25) is 0 Å². The van der Waals surface area contributed by atoms with Gasteiger partial charge in [0.25, 0.3) is 17.6 Å². The zero-order chi connectivity index (χ0) is 13.1. The molecule has 0 atom stereocenters. The van der Waals surface area contributed by atoms with Gasteiger partial charge in [-0.3, -0.25) is 4.79 Å². The lowest BCUT2D eigenvalue weighted by molar-refractivity contribution is 0.0950. The second-order valence-electron chi connectivity index (χ2n) is 3.46. The quantitative estimate of drug-likeness (QED) is 0.774. The van der Waals surface area contributed by atoms with Crippen molar-refractivity contribution in [1.82, 2.24) is 15.5 Å². The first kappa shape index (κ1) is 11.9. The summed E-state index contributed by atoms with van der Waals surface area (Å²) in [6.45, 7) is 0. The van der Waals surface area contributed by atoms with Crippen molar-refractivity contribution in [1.29, 1.82) is 0 Å². The average Bonchev–Trinajstić information content (AvgIpc) is 2.87. The normalized spacial score (nSPS) is 10.1. The number of nitrogens with one attached hydrogen (secondary N) is 1. The minimum Gasteiger partial charge on any atom is -0.495 e. The summed E-state index contributed by atoms with van der Waals surface area (Å²) in [5.41, 5.74) is 6.84. The van der Waals surface area contributed by atoms with Crippen LogP contribution in [0.5, 0.6) is 5.75 Å². The van der Waals surface area contributed by atoms with Crippen LogP contribution in [0.2, 0.25) is 0 Å². The van der Waals surface area contributed by atoms with E-state index in [0.717, 1.165) is 0 Å². The highest BCUT2D eigenvalue weighted by molar-refractivity contribution is 5.90. The number of amides is 1. The molecule has 2 aromatic rings. The van der Waals surface area contributed by atoms with E-state index in [1.165, 1.54) is 14.2 Å². The molecule has 94 valence electrons. The molecule has 1 aromatic carbocycles. The van der Waals surface area contributed by atoms with Crippen molar-refractivity contribution >= 4 is 11.6 Å². The number of anilines is 1. The molecule has 0 saturated heterocycles. The topological polar surface area (TPSA) is 103 Å². The molecule has 0 aliphatic heterocycles. The van der Waals surface area contributed by atoms with E-state index in [2.05, 4.69) is 15.5 Å². The van der Waals surface area contributed by atoms with Crippen LogP contribution < -0.4 is 15.8 Å². The molecule has 0 bridgehead atoms. The Kier molecular flexibility index (Phi) is 3.13. The molecule has 7 nitrogen and oxygen atoms in total. The molecular weight excluding hydrogens is 236 g/mol. The number of carbonyl (C=O) groups is 1. The Labute approximate surface area is 103 Å². The van der Waals surface area contributed by atoms with Crippen molar-refractivity contribution in [3.05, 3.63) is 24.0 Å². The van der Waals surface area contributed by atoms with Gasteiger partial charge in [-0.2, -0.15) is 4.98 Å². The third kappa shape index (κ3) is 2.10. The van der Waals surface area contributed by atoms with Gasteiger partial charge in [-0.15, -0.1) is 0 Å². The highest BCUT2D eigenvalue weighted by Crippen LogP contribution is 2.27. The smallest absolute Gasteiger partial charge is 0.292 e. The summed E-state index contributed by atoms with van der Waals surface area (Å²) in [6.07, 6.45) is 0. The van der Waals surface area contributed by atoms with Crippen molar-refractivity contribution in [2.75, 3.05) is 19.9 Å². The molecule has 0 saturated carbocycles. The van der Waals surface area contributed by atoms with E-state index in [1.807, 2.05) is 0 Å². The largest absolute Gasteiger partial charge is 0.495 e. The second-order valence-corrected chi connectivity index (χ2v) is 3.46. The van der Waals surface area contributed by atoms with Crippen LogP contribution in [-0.2, 0) is 0 Å². The minimum atomic E-state index is -0.411. The Morgan fingerprint density at radius 3 is 2.89 bits per heavy atom. The maximum atomic E-state index is 11.3. The summed E-state index contributed by atoms with van der Waals surface area (Å²) in [4.78, 5) is 15.2. The molecule has 0 radical (unpaired) electrons. The average molecular weight is 248 g/mol. The van der Waals surface area contributed by atoms with Crippen LogP contribution in [-0.4, -0.2) is 30.2 Å². The number of hydrogen-bond donors (Lipinski definition) is 2. The number of methoxy groups -OCH3 is 1. The first-order chi connectivity index (χ1) is 8.65. The summed E-state index contributed by atoms with van der Waals surface area (Å²) < 4.78 is 10.0. The van der Waals surface area contributed by atoms with Gasteiger partial charge in [-0.05, 0) is 18.2 Å². The van der Waals surface area contributed by atoms with Crippen LogP contribution in [0.15, 0.2) is 22.7 Å². The van der Waals surface area contributed by atoms with Gasteiger partial charge in [0, 0.05) is 12.6 Å². The van der Waals surface area contributed by atoms with E-state index in [0.29, 0.717) is 17.0 Å². The molecule has 1 amide bonds. The van der Waals surface area contributed by atoms with Crippen LogP contribution in [0.4, 0.5) is 5.69 Å². The molecule has 1 aromatic heterocycles. The highest BCUT2D eigenvalue weighted by Gasteiger charge is 2.15. The Morgan fingerprint density at radius 2 is 2.28 bits per heavy atom. The molecular formula is C11H12N4O3. The fourth-order valence-corrected chi connectivity index (χ4v) is 1.41. The van der Waals surface area contributed by atoms with Gasteiger partial charge in [0.15, 0.2) is 0 Å². The molecule has 2 rings (SSSR count). The van der Waals surface area contributed by atoms with Gasteiger partial charge in [-0.25, -0.2) is 0 Å². The Balaban J connectivity index is 2.34. The van der Waals surface area contributed by atoms with Crippen molar-refractivity contribution in [3.8, 4) is 17.2 Å². The standard InChI is InChI=1S/C11H12N4O3/c1-13-10(16)9-14-11(18-15-9)6-3-4-8(17-2)7(12)5-6/h3-5H,12H2,1-2H3,(H,13,16). The first-order valence-corrected chi connectivity index (χ1v) is 5.15. The van der Waals surface area contributed by atoms with Gasteiger partial charge in [-0.1, -0.05) is 5.16 Å². The molecule has 0 aliphatic rings. The van der Waals surface area contributed by atoms with Gasteiger partial charge in [0.05, 0.1) is 12.8 Å². The summed E-state index contributed by atoms with van der Waals surface area (Å²) in [6, 6.07) is 5.05. The van der Waals surface area contributed by atoms with Crippen LogP contribution >= 0.6 is 0 Å². The summed E-state index contributed by atoms with van der Waals surface area (Å²) in [5, 5.41) is 5.97. The lowest BCUT2D eigenvalue weighted by Gasteiger charge is -2.04. The third-order valence-corrected chi connectivity index (χ3v) is 2.33. The van der Waals surface area contributed by atoms with Gasteiger partial charge in [0.1, 0.15) is 5.75 Å². The molecule has 0 unspecified atom stereocenters. The van der Waals surface area contributed by atoms with E-state index < -0.39 is 5.91 Å². The lowest BCUT2D eigenvalue weighted by atomic mass is 10.2. The molecule has 0 fully saturated rings. The fourth-order valence-electron chi connectivity index (χ4n) is 1.41. The zero-order valence-electron chi connectivity index (χ0n) is 9.93. The van der Waals surface area contributed by atoms with Gasteiger partial charge >= 0.3 is 0 Å². The maximum Gasteiger partial charge on any atom is 0.292 e. The highest BCUT2D eigenvalue weighted by atomic mass is 16.5. The van der Waals surface area contributed by atoms with E-state index in [1.54, 1.807) is 18.2 Å². The van der Waals surface area contributed by atoms with Crippen molar-refractivity contribution in [2.45, 2.75) is 0 Å². The van der Waals surface area contributed by atoms with E-state index in [9.17, 15) is 4.79 Å². The van der Waals surface area contributed by atoms with E-state index in [-0.39, 0.29) is 11.7 Å². The van der Waals surface area contributed by atoms with Crippen molar-refractivity contribution < 1.29 is 14.1 Å². The second kappa shape index (κ2) is 4.74. The summed E-state index contributed by atoms with van der Waals surface area (Å²) >= 11 is 0. The maximum absolute atomic E-state index is 11.3. The van der Waals surface area contributed by atoms with Crippen molar-refractivity contribution in [3.63, 3.8) is 0 Å². The Bertz CT molecular complexity index is 579. The molecule has 0 spiro atoms. The number of hydrogen-bond acceptors (Lipinski definition) is 6. The van der Waals surface area contributed by atoms with Crippen LogP contribution in [0.3, 0.4) is 0 Å². The number of benzene rings is 1. The minimum absolute atomic E-state index is 0.0260.